The minimum absolute atomic E-state index is 0.553. The maximum atomic E-state index is 8.16. The Morgan fingerprint density at radius 2 is 0.617 bits per heavy atom. The number of para-hydroxylation sites is 6. The Kier molecular flexibility index (Phi) is 11.1. The van der Waals surface area contributed by atoms with Crippen molar-refractivity contribution < 1.29 is 0 Å². The van der Waals surface area contributed by atoms with Crippen LogP contribution in [0, 0.1) is 6.57 Å². The standard InChI is InChI=1S/C87H51N7/c1-88-56-26-16-25-54(49-56)85-84-69-39-17-23-53-24-18-40-70(79(53)69)86(84)90-87(89-85)55-50-59(93-73-43-14-10-33-67(73)82-63(37-21-47-77(82)93)61-35-19-45-75-80(61)65-31-8-12-41-71(65)91(75)57-27-4-2-5-28-57)52-60(51-55)94-74-44-15-11-34-68(74)83-64(38-22-48-78(83)94)62-36-20-46-76-81(62)66-32-9-13-42-72(66)92(76)58-29-6-3-7-30-58/h2-52H. The molecule has 14 aromatic carbocycles. The molecule has 0 unspecified atom stereocenters. The van der Waals surface area contributed by atoms with Crippen molar-refractivity contribution in [3.63, 3.8) is 0 Å². The molecule has 5 aromatic heterocycles. The maximum Gasteiger partial charge on any atom is 0.187 e. The van der Waals surface area contributed by atoms with Crippen molar-refractivity contribution in [1.82, 2.24) is 28.2 Å². The minimum Gasteiger partial charge on any atom is -0.309 e. The van der Waals surface area contributed by atoms with Crippen molar-refractivity contribution >= 4 is 104 Å². The Hall–Kier alpha value is -12.9. The summed E-state index contributed by atoms with van der Waals surface area (Å²) in [6, 6.07) is 112. The first kappa shape index (κ1) is 51.9. The molecular formula is C87H51N7. The lowest BCUT2D eigenvalue weighted by Gasteiger charge is -2.17. The van der Waals surface area contributed by atoms with Crippen molar-refractivity contribution in [2.24, 2.45) is 0 Å². The van der Waals surface area contributed by atoms with E-state index in [4.69, 9.17) is 16.5 Å². The molecule has 1 aliphatic carbocycles. The van der Waals surface area contributed by atoms with Crippen LogP contribution in [0.25, 0.3) is 193 Å². The summed E-state index contributed by atoms with van der Waals surface area (Å²) >= 11 is 0. The van der Waals surface area contributed by atoms with Crippen LogP contribution in [0.4, 0.5) is 5.69 Å². The molecular weight excluding hydrogens is 1140 g/mol. The summed E-state index contributed by atoms with van der Waals surface area (Å²) in [4.78, 5) is 15.4. The van der Waals surface area contributed by atoms with Crippen molar-refractivity contribution in [2.75, 3.05) is 0 Å². The monoisotopic (exact) mass is 1190 g/mol. The molecule has 5 heterocycles. The number of hydrogen-bond donors (Lipinski definition) is 0. The highest BCUT2D eigenvalue weighted by molar-refractivity contribution is 6.25. The molecule has 0 atom stereocenters. The van der Waals surface area contributed by atoms with E-state index >= 15 is 0 Å². The fraction of sp³-hybridized carbons (Fsp3) is 0. The predicted octanol–water partition coefficient (Wildman–Crippen LogP) is 22.9. The normalized spacial score (nSPS) is 12.0. The van der Waals surface area contributed by atoms with Crippen LogP contribution < -0.4 is 0 Å². The van der Waals surface area contributed by atoms with Gasteiger partial charge in [0.25, 0.3) is 0 Å². The van der Waals surface area contributed by atoms with Crippen LogP contribution in [0.15, 0.2) is 309 Å². The van der Waals surface area contributed by atoms with E-state index in [-0.39, 0.29) is 0 Å². The van der Waals surface area contributed by atoms with E-state index < -0.39 is 0 Å². The van der Waals surface area contributed by atoms with E-state index in [0.29, 0.717) is 11.5 Å². The SMILES string of the molecule is [C-]#[N+]c1cccc(-c2nc(-c3cc(-n4c5ccccc5c5c(-c6cccc7c6c6ccccc6n7-c6ccccc6)cccc54)cc(-n4c5ccccc5c5c(-c6cccc7c6c6ccccc6n7-c6ccccc6)cccc54)c3)nc3c2-c2cccc4cccc-3c24)c1. The largest absolute Gasteiger partial charge is 0.309 e. The predicted molar refractivity (Wildman–Crippen MR) is 389 cm³/mol. The molecule has 0 saturated heterocycles. The molecule has 0 saturated carbocycles. The number of benzene rings is 14. The molecule has 20 rings (SSSR count). The van der Waals surface area contributed by atoms with Crippen LogP contribution in [0.3, 0.4) is 0 Å². The van der Waals surface area contributed by atoms with Crippen LogP contribution in [-0.2, 0) is 0 Å². The molecule has 0 radical (unpaired) electrons. The van der Waals surface area contributed by atoms with Crippen molar-refractivity contribution in [3.8, 4) is 90.0 Å². The second-order valence-electron chi connectivity index (χ2n) is 24.6. The molecule has 0 spiro atoms. The van der Waals surface area contributed by atoms with Crippen molar-refractivity contribution in [1.29, 1.82) is 0 Å². The lowest BCUT2D eigenvalue weighted by molar-refractivity contribution is 1.12. The van der Waals surface area contributed by atoms with Gasteiger partial charge < -0.3 is 18.3 Å². The third-order valence-electron chi connectivity index (χ3n) is 19.7. The number of aromatic nitrogens is 6. The molecule has 0 amide bonds. The van der Waals surface area contributed by atoms with Gasteiger partial charge in [0.1, 0.15) is 0 Å². The Morgan fingerprint density at radius 3 is 1.06 bits per heavy atom. The van der Waals surface area contributed by atoms with Gasteiger partial charge in [-0.05, 0) is 141 Å². The van der Waals surface area contributed by atoms with Gasteiger partial charge in [0.15, 0.2) is 11.5 Å². The zero-order valence-electron chi connectivity index (χ0n) is 50.6. The Morgan fingerprint density at radius 1 is 0.255 bits per heavy atom. The van der Waals surface area contributed by atoms with Crippen LogP contribution in [-0.4, -0.2) is 28.2 Å². The second kappa shape index (κ2) is 20.1. The van der Waals surface area contributed by atoms with E-state index in [2.05, 4.69) is 314 Å². The van der Waals surface area contributed by atoms with E-state index in [0.717, 1.165) is 139 Å². The molecule has 94 heavy (non-hydrogen) atoms. The Balaban J connectivity index is 0.879. The van der Waals surface area contributed by atoms with Crippen LogP contribution in [0.2, 0.25) is 0 Å². The molecule has 0 fully saturated rings. The van der Waals surface area contributed by atoms with E-state index in [9.17, 15) is 0 Å². The fourth-order valence-electron chi connectivity index (χ4n) is 15.9. The first-order valence-corrected chi connectivity index (χ1v) is 31.9. The van der Waals surface area contributed by atoms with Gasteiger partial charge in [-0.25, -0.2) is 14.8 Å². The zero-order chi connectivity index (χ0) is 61.7. The van der Waals surface area contributed by atoms with Gasteiger partial charge >= 0.3 is 0 Å². The number of hydrogen-bond acceptors (Lipinski definition) is 2. The van der Waals surface area contributed by atoms with Gasteiger partial charge in [-0.3, -0.25) is 0 Å². The molecule has 0 N–H and O–H groups in total. The zero-order valence-corrected chi connectivity index (χ0v) is 50.6. The van der Waals surface area contributed by atoms with Gasteiger partial charge in [-0.2, -0.15) is 0 Å². The lowest BCUT2D eigenvalue weighted by Crippen LogP contribution is -2.02. The molecule has 0 bridgehead atoms. The molecule has 1 aliphatic rings. The highest BCUT2D eigenvalue weighted by Crippen LogP contribution is 2.52. The summed E-state index contributed by atoms with van der Waals surface area (Å²) in [5.74, 6) is 0.584. The lowest BCUT2D eigenvalue weighted by atomic mass is 9.95. The smallest absolute Gasteiger partial charge is 0.187 e. The quantitative estimate of drug-likeness (QED) is 0.142. The average molecular weight is 1190 g/mol. The first-order chi connectivity index (χ1) is 46.6. The van der Waals surface area contributed by atoms with Crippen LogP contribution in [0.5, 0.6) is 0 Å². The maximum absolute atomic E-state index is 8.16. The fourth-order valence-corrected chi connectivity index (χ4v) is 15.9. The number of fused-ring (bicyclic) bond motifs is 15. The van der Waals surface area contributed by atoms with Gasteiger partial charge in [0.05, 0.1) is 62.1 Å². The third-order valence-corrected chi connectivity index (χ3v) is 19.7. The molecule has 7 heteroatoms. The van der Waals surface area contributed by atoms with Gasteiger partial charge in [-0.15, -0.1) is 0 Å². The van der Waals surface area contributed by atoms with E-state index in [1.54, 1.807) is 0 Å². The average Bonchev–Trinajstić information content (AvgIpc) is 1.57. The summed E-state index contributed by atoms with van der Waals surface area (Å²) in [5.41, 5.74) is 24.8. The summed E-state index contributed by atoms with van der Waals surface area (Å²) in [6.07, 6.45) is 0. The molecule has 19 aromatic rings. The van der Waals surface area contributed by atoms with Crippen LogP contribution >= 0.6 is 0 Å². The van der Waals surface area contributed by atoms with E-state index in [1.807, 2.05) is 18.2 Å². The van der Waals surface area contributed by atoms with Crippen LogP contribution in [0.1, 0.15) is 0 Å². The Labute approximate surface area is 539 Å². The Bertz CT molecular complexity index is 6190. The van der Waals surface area contributed by atoms with Crippen molar-refractivity contribution in [3.05, 3.63) is 321 Å². The molecule has 7 nitrogen and oxygen atoms in total. The summed E-state index contributed by atoms with van der Waals surface area (Å²) in [7, 11) is 0. The molecule has 0 aliphatic heterocycles. The molecule has 434 valence electrons. The highest BCUT2D eigenvalue weighted by Gasteiger charge is 2.30. The number of rotatable bonds is 8. The van der Waals surface area contributed by atoms with Gasteiger partial charge in [-0.1, -0.05) is 212 Å². The first-order valence-electron chi connectivity index (χ1n) is 31.9. The topological polar surface area (TPSA) is 49.9 Å². The second-order valence-corrected chi connectivity index (χ2v) is 24.6. The minimum atomic E-state index is 0.553. The summed E-state index contributed by atoms with van der Waals surface area (Å²) in [5, 5.41) is 11.8. The van der Waals surface area contributed by atoms with Gasteiger partial charge in [0, 0.05) is 82.5 Å². The van der Waals surface area contributed by atoms with Gasteiger partial charge in [0.2, 0.25) is 0 Å². The van der Waals surface area contributed by atoms with E-state index in [1.165, 1.54) is 43.4 Å². The third kappa shape index (κ3) is 7.42. The summed E-state index contributed by atoms with van der Waals surface area (Å²) < 4.78 is 9.72. The van der Waals surface area contributed by atoms with Crippen molar-refractivity contribution in [2.45, 2.75) is 0 Å². The number of nitrogens with zero attached hydrogens (tertiary/aromatic N) is 7. The summed E-state index contributed by atoms with van der Waals surface area (Å²) in [6.45, 7) is 8.16. The highest BCUT2D eigenvalue weighted by atomic mass is 15.0.